The highest BCUT2D eigenvalue weighted by Crippen LogP contribution is 2.43. The monoisotopic (exact) mass is 456 g/mol. The maximum Gasteiger partial charge on any atom is 0.322 e. The second kappa shape index (κ2) is 8.71. The van der Waals surface area contributed by atoms with Crippen LogP contribution < -0.4 is 15.5 Å². The molecule has 9 heteroatoms. The molecular formula is C23H32N6O2S. The number of carbonyl (C=O) groups is 2. The van der Waals surface area contributed by atoms with E-state index < -0.39 is 0 Å². The second-order valence-corrected chi connectivity index (χ2v) is 9.97. The van der Waals surface area contributed by atoms with Gasteiger partial charge in [-0.25, -0.2) is 9.78 Å². The van der Waals surface area contributed by atoms with Gasteiger partial charge < -0.3 is 20.4 Å². The lowest BCUT2D eigenvalue weighted by Crippen LogP contribution is -2.50. The molecule has 2 aromatic rings. The van der Waals surface area contributed by atoms with Crippen molar-refractivity contribution < 1.29 is 9.59 Å². The minimum absolute atomic E-state index is 0.0191. The van der Waals surface area contributed by atoms with Crippen molar-refractivity contribution in [3.63, 3.8) is 0 Å². The Hall–Kier alpha value is -2.65. The number of carbonyl (C=O) groups excluding carboxylic acids is 2. The Bertz CT molecular complexity index is 1030. The van der Waals surface area contributed by atoms with Gasteiger partial charge in [-0.1, -0.05) is 0 Å². The number of thiophene rings is 1. The molecule has 1 saturated heterocycles. The van der Waals surface area contributed by atoms with Gasteiger partial charge in [0.1, 0.15) is 5.69 Å². The summed E-state index contributed by atoms with van der Waals surface area (Å²) >= 11 is 1.80. The van der Waals surface area contributed by atoms with E-state index in [0.29, 0.717) is 12.2 Å². The molecule has 0 atom stereocenters. The van der Waals surface area contributed by atoms with Crippen molar-refractivity contribution in [3.8, 4) is 0 Å². The van der Waals surface area contributed by atoms with Crippen LogP contribution in [0, 0.1) is 6.92 Å². The molecule has 172 valence electrons. The van der Waals surface area contributed by atoms with Gasteiger partial charge in [0.25, 0.3) is 5.91 Å². The predicted octanol–water partition coefficient (Wildman–Crippen LogP) is 3.24. The molecule has 0 aliphatic carbocycles. The molecule has 0 bridgehead atoms. The highest BCUT2D eigenvalue weighted by atomic mass is 32.1. The number of anilines is 2. The van der Waals surface area contributed by atoms with Crippen LogP contribution in [0.1, 0.15) is 46.7 Å². The summed E-state index contributed by atoms with van der Waals surface area (Å²) in [5.41, 5.74) is 3.09. The molecule has 32 heavy (non-hydrogen) atoms. The number of urea groups is 1. The molecule has 2 N–H and O–H groups in total. The summed E-state index contributed by atoms with van der Waals surface area (Å²) in [6.07, 6.45) is 0. The summed E-state index contributed by atoms with van der Waals surface area (Å²) in [7, 11) is 1.62. The van der Waals surface area contributed by atoms with E-state index in [-0.39, 0.29) is 17.5 Å². The van der Waals surface area contributed by atoms with Gasteiger partial charge in [-0.15, -0.1) is 11.3 Å². The molecule has 4 heterocycles. The number of piperazine rings is 1. The molecule has 3 amide bonds. The quantitative estimate of drug-likeness (QED) is 0.722. The Kier molecular flexibility index (Phi) is 6.13. The normalized spacial score (nSPS) is 18.3. The van der Waals surface area contributed by atoms with Crippen LogP contribution >= 0.6 is 11.3 Å². The van der Waals surface area contributed by atoms with Crippen molar-refractivity contribution in [2.24, 2.45) is 0 Å². The highest BCUT2D eigenvalue weighted by Gasteiger charge is 2.39. The first-order valence-corrected chi connectivity index (χ1v) is 11.9. The van der Waals surface area contributed by atoms with E-state index >= 15 is 0 Å². The number of hydrogen-bond donors (Lipinski definition) is 2. The lowest BCUT2D eigenvalue weighted by Gasteiger charge is -2.41. The zero-order chi connectivity index (χ0) is 23.0. The van der Waals surface area contributed by atoms with E-state index in [1.165, 1.54) is 9.75 Å². The summed E-state index contributed by atoms with van der Waals surface area (Å²) in [6.45, 7) is 13.5. The van der Waals surface area contributed by atoms with Gasteiger partial charge in [0.15, 0.2) is 0 Å². The van der Waals surface area contributed by atoms with Crippen molar-refractivity contribution in [3.05, 3.63) is 39.3 Å². The molecular weight excluding hydrogens is 424 g/mol. The molecule has 2 aromatic heterocycles. The maximum absolute atomic E-state index is 12.5. The third-order valence-electron chi connectivity index (χ3n) is 6.43. The molecule has 4 rings (SSSR count). The number of rotatable bonds is 5. The lowest BCUT2D eigenvalue weighted by molar-refractivity contribution is 0.0958. The Morgan fingerprint density at radius 2 is 1.97 bits per heavy atom. The van der Waals surface area contributed by atoms with Crippen molar-refractivity contribution in [2.75, 3.05) is 50.0 Å². The van der Waals surface area contributed by atoms with Gasteiger partial charge in [-0.3, -0.25) is 9.69 Å². The lowest BCUT2D eigenvalue weighted by atomic mass is 9.97. The van der Waals surface area contributed by atoms with Crippen LogP contribution in [0.25, 0.3) is 0 Å². The van der Waals surface area contributed by atoms with Crippen LogP contribution in [-0.2, 0) is 12.1 Å². The summed E-state index contributed by atoms with van der Waals surface area (Å²) < 4.78 is 0. The van der Waals surface area contributed by atoms with E-state index in [1.54, 1.807) is 24.5 Å². The highest BCUT2D eigenvalue weighted by molar-refractivity contribution is 7.12. The standard InChI is InChI=1S/C23H32N6O2S/c1-6-29-22(31)26-18-13-16(32-20(18)23(29,3)4)14-27-9-11-28(12-10-27)19-8-7-17(21(30)24-5)25-15(19)2/h7-8,13H,6,9-12,14H2,1-5H3,(H,24,30)(H,26,31). The maximum atomic E-state index is 12.5. The van der Waals surface area contributed by atoms with Crippen molar-refractivity contribution in [2.45, 2.75) is 39.8 Å². The number of nitrogens with zero attached hydrogens (tertiary/aromatic N) is 4. The Morgan fingerprint density at radius 1 is 1.25 bits per heavy atom. The SMILES string of the molecule is CCN1C(=O)Nc2cc(CN3CCN(c4ccc(C(=O)NC)nc4C)CC3)sc2C1(C)C. The molecule has 0 aromatic carbocycles. The van der Waals surface area contributed by atoms with Crippen molar-refractivity contribution in [1.82, 2.24) is 20.1 Å². The average Bonchev–Trinajstić information content (AvgIpc) is 3.17. The fraction of sp³-hybridized carbons (Fsp3) is 0.522. The van der Waals surface area contributed by atoms with Crippen LogP contribution in [-0.4, -0.2) is 66.5 Å². The fourth-order valence-corrected chi connectivity index (χ4v) is 5.94. The minimum atomic E-state index is -0.292. The van der Waals surface area contributed by atoms with Crippen LogP contribution in [0.4, 0.5) is 16.2 Å². The number of amides is 3. The molecule has 0 unspecified atom stereocenters. The van der Waals surface area contributed by atoms with E-state index in [1.807, 2.05) is 24.8 Å². The molecule has 0 spiro atoms. The second-order valence-electron chi connectivity index (χ2n) is 8.83. The van der Waals surface area contributed by atoms with E-state index in [2.05, 4.69) is 45.3 Å². The Morgan fingerprint density at radius 3 is 2.59 bits per heavy atom. The van der Waals surface area contributed by atoms with Crippen LogP contribution in [0.15, 0.2) is 18.2 Å². The smallest absolute Gasteiger partial charge is 0.322 e. The van der Waals surface area contributed by atoms with E-state index in [9.17, 15) is 9.59 Å². The number of aryl methyl sites for hydroxylation is 1. The zero-order valence-corrected chi connectivity index (χ0v) is 20.3. The first-order chi connectivity index (χ1) is 15.2. The Balaban J connectivity index is 1.40. The minimum Gasteiger partial charge on any atom is -0.368 e. The van der Waals surface area contributed by atoms with Gasteiger partial charge in [0.05, 0.1) is 27.5 Å². The van der Waals surface area contributed by atoms with Gasteiger partial charge in [-0.05, 0) is 45.9 Å². The summed E-state index contributed by atoms with van der Waals surface area (Å²) in [6, 6.07) is 5.92. The number of fused-ring (bicyclic) bond motifs is 1. The third kappa shape index (κ3) is 4.06. The number of nitrogens with one attached hydrogen (secondary N) is 2. The van der Waals surface area contributed by atoms with Crippen LogP contribution in [0.2, 0.25) is 0 Å². The number of pyridine rings is 1. The molecule has 2 aliphatic heterocycles. The first-order valence-electron chi connectivity index (χ1n) is 11.1. The van der Waals surface area contributed by atoms with E-state index in [0.717, 1.165) is 49.8 Å². The average molecular weight is 457 g/mol. The molecule has 0 saturated carbocycles. The zero-order valence-electron chi connectivity index (χ0n) is 19.5. The van der Waals surface area contributed by atoms with Gasteiger partial charge in [0.2, 0.25) is 0 Å². The predicted molar refractivity (Wildman–Crippen MR) is 129 cm³/mol. The van der Waals surface area contributed by atoms with Gasteiger partial charge in [0, 0.05) is 51.2 Å². The summed E-state index contributed by atoms with van der Waals surface area (Å²) in [5.74, 6) is -0.162. The number of aromatic nitrogens is 1. The van der Waals surface area contributed by atoms with Crippen molar-refractivity contribution in [1.29, 1.82) is 0 Å². The topological polar surface area (TPSA) is 80.8 Å². The largest absolute Gasteiger partial charge is 0.368 e. The number of hydrogen-bond acceptors (Lipinski definition) is 6. The molecule has 1 fully saturated rings. The van der Waals surface area contributed by atoms with Gasteiger partial charge >= 0.3 is 6.03 Å². The summed E-state index contributed by atoms with van der Waals surface area (Å²) in [5, 5.41) is 5.68. The summed E-state index contributed by atoms with van der Waals surface area (Å²) in [4.78, 5) is 37.9. The van der Waals surface area contributed by atoms with Gasteiger partial charge in [-0.2, -0.15) is 0 Å². The third-order valence-corrected chi connectivity index (χ3v) is 7.86. The van der Waals surface area contributed by atoms with Crippen molar-refractivity contribution >= 4 is 34.6 Å². The molecule has 0 radical (unpaired) electrons. The first kappa shape index (κ1) is 22.5. The van der Waals surface area contributed by atoms with E-state index in [4.69, 9.17) is 0 Å². The molecule has 8 nitrogen and oxygen atoms in total. The fourth-order valence-electron chi connectivity index (χ4n) is 4.68. The Labute approximate surface area is 193 Å². The van der Waals surface area contributed by atoms with Crippen LogP contribution in [0.3, 0.4) is 0 Å². The van der Waals surface area contributed by atoms with Crippen LogP contribution in [0.5, 0.6) is 0 Å². The molecule has 2 aliphatic rings.